The number of nitrogens with zero attached hydrogens (tertiary/aromatic N) is 2. The Labute approximate surface area is 114 Å². The molecule has 1 rings (SSSR count). The van der Waals surface area contributed by atoms with Crippen molar-refractivity contribution in [1.29, 1.82) is 0 Å². The normalized spacial score (nSPS) is 20.8. The minimum atomic E-state index is 0.703. The fourth-order valence-corrected chi connectivity index (χ4v) is 2.60. The summed E-state index contributed by atoms with van der Waals surface area (Å²) in [6.45, 7) is 14.0. The molecule has 1 heterocycles. The highest BCUT2D eigenvalue weighted by Gasteiger charge is 2.20. The van der Waals surface area contributed by atoms with Crippen LogP contribution in [0, 0.1) is 0 Å². The van der Waals surface area contributed by atoms with Crippen LogP contribution in [0.1, 0.15) is 47.0 Å². The topological polar surface area (TPSA) is 18.5 Å². The Morgan fingerprint density at radius 2 is 1.83 bits per heavy atom. The van der Waals surface area contributed by atoms with Crippen LogP contribution in [0.4, 0.5) is 0 Å². The van der Waals surface area contributed by atoms with Crippen molar-refractivity contribution in [2.45, 2.75) is 65.1 Å². The summed E-state index contributed by atoms with van der Waals surface area (Å²) in [6, 6.07) is 2.16. The van der Waals surface area contributed by atoms with Gasteiger partial charge in [0.25, 0.3) is 0 Å². The molecule has 0 aromatic rings. The summed E-state index contributed by atoms with van der Waals surface area (Å²) in [5.41, 5.74) is 0. The first kappa shape index (κ1) is 15.9. The number of rotatable bonds is 7. The molecule has 1 fully saturated rings. The predicted octanol–water partition coefficient (Wildman–Crippen LogP) is 2.18. The molecule has 1 aliphatic heterocycles. The van der Waals surface area contributed by atoms with Gasteiger partial charge in [0.2, 0.25) is 0 Å². The Hall–Kier alpha value is -0.120. The molecular formula is C15H33N3. The van der Waals surface area contributed by atoms with Crippen molar-refractivity contribution in [2.24, 2.45) is 0 Å². The van der Waals surface area contributed by atoms with E-state index in [9.17, 15) is 0 Å². The molecule has 18 heavy (non-hydrogen) atoms. The molecule has 3 heteroatoms. The van der Waals surface area contributed by atoms with Gasteiger partial charge in [0.1, 0.15) is 0 Å². The number of piperidine rings is 1. The molecule has 1 N–H and O–H groups in total. The second kappa shape index (κ2) is 8.13. The van der Waals surface area contributed by atoms with E-state index in [1.54, 1.807) is 0 Å². The smallest absolute Gasteiger partial charge is 0.0107 e. The molecule has 1 unspecified atom stereocenters. The zero-order chi connectivity index (χ0) is 13.5. The summed E-state index contributed by atoms with van der Waals surface area (Å²) < 4.78 is 0. The predicted molar refractivity (Wildman–Crippen MR) is 80.1 cm³/mol. The number of hydrogen-bond donors (Lipinski definition) is 1. The Bertz CT molecular complexity index is 210. The SMILES string of the molecule is CCC(C)N(C)CCNC1CCN(C(C)C)CC1. The highest BCUT2D eigenvalue weighted by molar-refractivity contribution is 4.79. The number of likely N-dealkylation sites (tertiary alicyclic amines) is 1. The van der Waals surface area contributed by atoms with Crippen LogP contribution in [0.25, 0.3) is 0 Å². The first-order valence-electron chi connectivity index (χ1n) is 7.72. The third-order valence-corrected chi connectivity index (χ3v) is 4.50. The lowest BCUT2D eigenvalue weighted by atomic mass is 10.0. The average Bonchev–Trinajstić information content (AvgIpc) is 2.38. The molecule has 1 aliphatic rings. The van der Waals surface area contributed by atoms with E-state index in [1.165, 1.54) is 38.9 Å². The summed E-state index contributed by atoms with van der Waals surface area (Å²) in [6.07, 6.45) is 3.86. The standard InChI is InChI=1S/C15H33N3/c1-6-14(4)17(5)12-9-16-15-7-10-18(11-8-15)13(2)3/h13-16H,6-12H2,1-5H3. The molecule has 0 saturated carbocycles. The van der Waals surface area contributed by atoms with Crippen molar-refractivity contribution < 1.29 is 0 Å². The van der Waals surface area contributed by atoms with E-state index < -0.39 is 0 Å². The van der Waals surface area contributed by atoms with Gasteiger partial charge in [-0.1, -0.05) is 6.92 Å². The lowest BCUT2D eigenvalue weighted by Crippen LogP contribution is -2.46. The van der Waals surface area contributed by atoms with Crippen LogP contribution in [0.15, 0.2) is 0 Å². The minimum Gasteiger partial charge on any atom is -0.313 e. The lowest BCUT2D eigenvalue weighted by Gasteiger charge is -2.35. The zero-order valence-electron chi connectivity index (χ0n) is 13.1. The van der Waals surface area contributed by atoms with Crippen molar-refractivity contribution >= 4 is 0 Å². The van der Waals surface area contributed by atoms with Gasteiger partial charge in [0, 0.05) is 31.2 Å². The quantitative estimate of drug-likeness (QED) is 0.752. The molecule has 0 amide bonds. The molecule has 108 valence electrons. The van der Waals surface area contributed by atoms with Gasteiger partial charge < -0.3 is 15.1 Å². The van der Waals surface area contributed by atoms with Crippen LogP contribution in [-0.2, 0) is 0 Å². The maximum atomic E-state index is 3.72. The lowest BCUT2D eigenvalue weighted by molar-refractivity contribution is 0.158. The Kier molecular flexibility index (Phi) is 7.20. The van der Waals surface area contributed by atoms with E-state index >= 15 is 0 Å². The van der Waals surface area contributed by atoms with Gasteiger partial charge in [0.05, 0.1) is 0 Å². The molecule has 1 saturated heterocycles. The fourth-order valence-electron chi connectivity index (χ4n) is 2.60. The fraction of sp³-hybridized carbons (Fsp3) is 1.00. The second-order valence-electron chi connectivity index (χ2n) is 6.10. The van der Waals surface area contributed by atoms with Gasteiger partial charge in [-0.15, -0.1) is 0 Å². The summed E-state index contributed by atoms with van der Waals surface area (Å²) in [4.78, 5) is 5.04. The Morgan fingerprint density at radius 3 is 2.33 bits per heavy atom. The number of hydrogen-bond acceptors (Lipinski definition) is 3. The molecular weight excluding hydrogens is 222 g/mol. The van der Waals surface area contributed by atoms with Crippen molar-refractivity contribution in [3.8, 4) is 0 Å². The molecule has 1 atom stereocenters. The van der Waals surface area contributed by atoms with E-state index in [0.717, 1.165) is 12.6 Å². The molecule has 0 bridgehead atoms. The van der Waals surface area contributed by atoms with Crippen LogP contribution < -0.4 is 5.32 Å². The largest absolute Gasteiger partial charge is 0.313 e. The first-order chi connectivity index (χ1) is 8.54. The Morgan fingerprint density at radius 1 is 1.22 bits per heavy atom. The van der Waals surface area contributed by atoms with Gasteiger partial charge >= 0.3 is 0 Å². The van der Waals surface area contributed by atoms with Crippen molar-refractivity contribution in [2.75, 3.05) is 33.2 Å². The van der Waals surface area contributed by atoms with Crippen LogP contribution in [-0.4, -0.2) is 61.2 Å². The van der Waals surface area contributed by atoms with Crippen molar-refractivity contribution in [1.82, 2.24) is 15.1 Å². The number of likely N-dealkylation sites (N-methyl/N-ethyl adjacent to an activating group) is 1. The third-order valence-electron chi connectivity index (χ3n) is 4.50. The third kappa shape index (κ3) is 5.25. The van der Waals surface area contributed by atoms with Crippen LogP contribution in [0.5, 0.6) is 0 Å². The van der Waals surface area contributed by atoms with E-state index in [-0.39, 0.29) is 0 Å². The second-order valence-corrected chi connectivity index (χ2v) is 6.10. The van der Waals surface area contributed by atoms with E-state index in [2.05, 4.69) is 49.9 Å². The van der Waals surface area contributed by atoms with Gasteiger partial charge in [-0.3, -0.25) is 0 Å². The van der Waals surface area contributed by atoms with Crippen LogP contribution >= 0.6 is 0 Å². The molecule has 0 radical (unpaired) electrons. The maximum Gasteiger partial charge on any atom is 0.0107 e. The summed E-state index contributed by atoms with van der Waals surface area (Å²) in [7, 11) is 2.23. The molecule has 0 aliphatic carbocycles. The van der Waals surface area contributed by atoms with Crippen LogP contribution in [0.2, 0.25) is 0 Å². The highest BCUT2D eigenvalue weighted by atomic mass is 15.2. The van der Waals surface area contributed by atoms with Gasteiger partial charge in [-0.2, -0.15) is 0 Å². The molecule has 0 spiro atoms. The monoisotopic (exact) mass is 255 g/mol. The van der Waals surface area contributed by atoms with E-state index in [0.29, 0.717) is 12.1 Å². The van der Waals surface area contributed by atoms with Gasteiger partial charge in [0.15, 0.2) is 0 Å². The van der Waals surface area contributed by atoms with Crippen molar-refractivity contribution in [3.63, 3.8) is 0 Å². The summed E-state index contributed by atoms with van der Waals surface area (Å²) in [5.74, 6) is 0. The zero-order valence-corrected chi connectivity index (χ0v) is 13.1. The summed E-state index contributed by atoms with van der Waals surface area (Å²) >= 11 is 0. The Balaban J connectivity index is 2.11. The first-order valence-corrected chi connectivity index (χ1v) is 7.72. The van der Waals surface area contributed by atoms with Gasteiger partial charge in [-0.25, -0.2) is 0 Å². The van der Waals surface area contributed by atoms with E-state index in [1.807, 2.05) is 0 Å². The van der Waals surface area contributed by atoms with Gasteiger partial charge in [-0.05, 0) is 60.2 Å². The average molecular weight is 255 g/mol. The molecule has 0 aromatic carbocycles. The highest BCUT2D eigenvalue weighted by Crippen LogP contribution is 2.12. The minimum absolute atomic E-state index is 0.703. The molecule has 3 nitrogen and oxygen atoms in total. The summed E-state index contributed by atoms with van der Waals surface area (Å²) in [5, 5.41) is 3.72. The maximum absolute atomic E-state index is 3.72. The van der Waals surface area contributed by atoms with Crippen LogP contribution in [0.3, 0.4) is 0 Å². The number of nitrogens with one attached hydrogen (secondary N) is 1. The molecule has 0 aromatic heterocycles. The van der Waals surface area contributed by atoms with E-state index in [4.69, 9.17) is 0 Å². The van der Waals surface area contributed by atoms with Crippen molar-refractivity contribution in [3.05, 3.63) is 0 Å².